The Morgan fingerprint density at radius 2 is 1.88 bits per heavy atom. The Balaban J connectivity index is 1.87. The monoisotopic (exact) mass is 410 g/mol. The summed E-state index contributed by atoms with van der Waals surface area (Å²) < 4.78 is 20.5. The molecule has 0 aromatic heterocycles. The first-order valence-corrected chi connectivity index (χ1v) is 9.09. The van der Waals surface area contributed by atoms with Crippen LogP contribution in [0.15, 0.2) is 46.9 Å². The molecule has 0 aliphatic carbocycles. The predicted octanol–water partition coefficient (Wildman–Crippen LogP) is 3.23. The summed E-state index contributed by atoms with van der Waals surface area (Å²) >= 11 is 3.47. The normalized spacial score (nSPS) is 12.2. The van der Waals surface area contributed by atoms with Crippen LogP contribution in [0.5, 0.6) is 5.75 Å². The van der Waals surface area contributed by atoms with E-state index in [1.165, 1.54) is 6.07 Å². The molecule has 0 amide bonds. The Kier molecular flexibility index (Phi) is 8.34. The van der Waals surface area contributed by atoms with Gasteiger partial charge in [-0.15, -0.1) is 0 Å². The van der Waals surface area contributed by atoms with Gasteiger partial charge in [0.25, 0.3) is 0 Å². The van der Waals surface area contributed by atoms with E-state index in [9.17, 15) is 9.50 Å². The van der Waals surface area contributed by atoms with Crippen molar-refractivity contribution in [2.24, 2.45) is 0 Å². The number of hydrogen-bond donors (Lipinski definition) is 3. The number of halogens is 2. The summed E-state index contributed by atoms with van der Waals surface area (Å²) in [6.07, 6.45) is -0.344. The number of ether oxygens (including phenoxy) is 1. The molecule has 0 aliphatic rings. The average Bonchev–Trinajstić information content (AvgIpc) is 2.58. The van der Waals surface area contributed by atoms with Gasteiger partial charge in [-0.1, -0.05) is 34.1 Å². The molecule has 0 aliphatic heterocycles. The fourth-order valence-corrected chi connectivity index (χ4v) is 2.72. The molecule has 1 atom stereocenters. The van der Waals surface area contributed by atoms with Crippen molar-refractivity contribution in [3.8, 4) is 5.75 Å². The van der Waals surface area contributed by atoms with Gasteiger partial charge in [-0.3, -0.25) is 0 Å². The van der Waals surface area contributed by atoms with E-state index in [1.54, 1.807) is 25.1 Å². The van der Waals surface area contributed by atoms with Crippen LogP contribution < -0.4 is 15.4 Å². The highest BCUT2D eigenvalue weighted by molar-refractivity contribution is 9.10. The fourth-order valence-electron chi connectivity index (χ4n) is 2.31. The van der Waals surface area contributed by atoms with Crippen LogP contribution in [0.1, 0.15) is 18.1 Å². The highest BCUT2D eigenvalue weighted by Crippen LogP contribution is 2.24. The van der Waals surface area contributed by atoms with E-state index in [2.05, 4.69) is 26.6 Å². The first-order valence-electron chi connectivity index (χ1n) is 8.30. The van der Waals surface area contributed by atoms with Gasteiger partial charge >= 0.3 is 0 Å². The van der Waals surface area contributed by atoms with E-state index >= 15 is 0 Å². The molecule has 0 saturated carbocycles. The van der Waals surface area contributed by atoms with Crippen molar-refractivity contribution < 1.29 is 14.2 Å². The molecule has 0 bridgehead atoms. The van der Waals surface area contributed by atoms with Crippen LogP contribution in [0, 0.1) is 5.82 Å². The SMILES string of the molecule is C[C@@H](O)CNCCNCc1cc(Br)ccc1OCc1ccccc1F. The maximum absolute atomic E-state index is 13.7. The smallest absolute Gasteiger partial charge is 0.129 e. The van der Waals surface area contributed by atoms with Gasteiger partial charge in [0.05, 0.1) is 6.10 Å². The van der Waals surface area contributed by atoms with Crippen molar-refractivity contribution in [3.63, 3.8) is 0 Å². The molecule has 3 N–H and O–H groups in total. The maximum Gasteiger partial charge on any atom is 0.129 e. The minimum Gasteiger partial charge on any atom is -0.488 e. The van der Waals surface area contributed by atoms with Crippen LogP contribution in [0.3, 0.4) is 0 Å². The lowest BCUT2D eigenvalue weighted by Crippen LogP contribution is -2.31. The van der Waals surface area contributed by atoms with Gasteiger partial charge in [0, 0.05) is 41.8 Å². The van der Waals surface area contributed by atoms with Crippen molar-refractivity contribution >= 4 is 15.9 Å². The minimum atomic E-state index is -0.344. The van der Waals surface area contributed by atoms with Gasteiger partial charge in [-0.25, -0.2) is 4.39 Å². The lowest BCUT2D eigenvalue weighted by molar-refractivity contribution is 0.191. The van der Waals surface area contributed by atoms with Crippen LogP contribution in [0.4, 0.5) is 4.39 Å². The minimum absolute atomic E-state index is 0.192. The lowest BCUT2D eigenvalue weighted by atomic mass is 10.2. The molecule has 6 heteroatoms. The molecule has 0 heterocycles. The summed E-state index contributed by atoms with van der Waals surface area (Å²) in [5.74, 6) is 0.472. The Morgan fingerprint density at radius 1 is 1.12 bits per heavy atom. The van der Waals surface area contributed by atoms with Crippen molar-refractivity contribution in [3.05, 3.63) is 63.9 Å². The molecule has 2 aromatic carbocycles. The second-order valence-electron chi connectivity index (χ2n) is 5.86. The largest absolute Gasteiger partial charge is 0.488 e. The molecule has 2 rings (SSSR count). The number of hydrogen-bond acceptors (Lipinski definition) is 4. The first kappa shape index (κ1) is 19.8. The van der Waals surface area contributed by atoms with E-state index in [1.807, 2.05) is 18.2 Å². The van der Waals surface area contributed by atoms with Gasteiger partial charge in [0.2, 0.25) is 0 Å². The van der Waals surface area contributed by atoms with E-state index in [0.29, 0.717) is 18.7 Å². The summed E-state index contributed by atoms with van der Waals surface area (Å²) in [4.78, 5) is 0. The summed E-state index contributed by atoms with van der Waals surface area (Å²) in [6, 6.07) is 12.4. The van der Waals surface area contributed by atoms with E-state index in [-0.39, 0.29) is 18.5 Å². The number of rotatable bonds is 10. The zero-order valence-corrected chi connectivity index (χ0v) is 15.9. The summed E-state index contributed by atoms with van der Waals surface area (Å²) in [6.45, 7) is 4.70. The Hall–Kier alpha value is -1.47. The number of nitrogens with one attached hydrogen (secondary N) is 2. The van der Waals surface area contributed by atoms with Gasteiger partial charge in [0.15, 0.2) is 0 Å². The van der Waals surface area contributed by atoms with Crippen LogP contribution in [-0.2, 0) is 13.2 Å². The van der Waals surface area contributed by atoms with Crippen molar-refractivity contribution in [1.29, 1.82) is 0 Å². The van der Waals surface area contributed by atoms with Gasteiger partial charge in [0.1, 0.15) is 18.2 Å². The highest BCUT2D eigenvalue weighted by Gasteiger charge is 2.07. The van der Waals surface area contributed by atoms with Crippen LogP contribution >= 0.6 is 15.9 Å². The average molecular weight is 411 g/mol. The van der Waals surface area contributed by atoms with Crippen LogP contribution in [0.25, 0.3) is 0 Å². The standard InChI is InChI=1S/C19H24BrFN2O2/c1-14(24)11-22-8-9-23-12-16-10-17(20)6-7-19(16)25-13-15-4-2-3-5-18(15)21/h2-7,10,14,22-24H,8-9,11-13H2,1H3/t14-/m1/s1. The first-order chi connectivity index (χ1) is 12.1. The molecule has 2 aromatic rings. The van der Waals surface area contributed by atoms with Crippen molar-refractivity contribution in [2.45, 2.75) is 26.2 Å². The van der Waals surface area contributed by atoms with E-state index in [4.69, 9.17) is 4.74 Å². The van der Waals surface area contributed by atoms with Crippen LogP contribution in [-0.4, -0.2) is 30.8 Å². The number of benzene rings is 2. The zero-order chi connectivity index (χ0) is 18.1. The zero-order valence-electron chi connectivity index (χ0n) is 14.3. The number of aliphatic hydroxyl groups excluding tert-OH is 1. The predicted molar refractivity (Wildman–Crippen MR) is 101 cm³/mol. The molecule has 0 fully saturated rings. The molecule has 25 heavy (non-hydrogen) atoms. The summed E-state index contributed by atoms with van der Waals surface area (Å²) in [5.41, 5.74) is 1.54. The summed E-state index contributed by atoms with van der Waals surface area (Å²) in [5, 5.41) is 15.7. The third-order valence-electron chi connectivity index (χ3n) is 3.60. The third-order valence-corrected chi connectivity index (χ3v) is 4.09. The molecule has 0 radical (unpaired) electrons. The molecule has 0 spiro atoms. The second-order valence-corrected chi connectivity index (χ2v) is 6.78. The molecule has 0 saturated heterocycles. The van der Waals surface area contributed by atoms with Gasteiger partial charge in [-0.2, -0.15) is 0 Å². The second kappa shape index (κ2) is 10.5. The fraction of sp³-hybridized carbons (Fsp3) is 0.368. The quantitative estimate of drug-likeness (QED) is 0.526. The molecular formula is C19H24BrFN2O2. The highest BCUT2D eigenvalue weighted by atomic mass is 79.9. The van der Waals surface area contributed by atoms with E-state index in [0.717, 1.165) is 28.9 Å². The molecule has 4 nitrogen and oxygen atoms in total. The molecule has 0 unspecified atom stereocenters. The van der Waals surface area contributed by atoms with Gasteiger partial charge < -0.3 is 20.5 Å². The molecule has 136 valence electrons. The van der Waals surface area contributed by atoms with Crippen molar-refractivity contribution in [2.75, 3.05) is 19.6 Å². The summed E-state index contributed by atoms with van der Waals surface area (Å²) in [7, 11) is 0. The number of aliphatic hydroxyl groups is 1. The molecular weight excluding hydrogens is 387 g/mol. The topological polar surface area (TPSA) is 53.5 Å². The van der Waals surface area contributed by atoms with Gasteiger partial charge in [-0.05, 0) is 31.2 Å². The Morgan fingerprint density at radius 3 is 2.64 bits per heavy atom. The van der Waals surface area contributed by atoms with Crippen LogP contribution in [0.2, 0.25) is 0 Å². The Labute approximate surface area is 156 Å². The van der Waals surface area contributed by atoms with Crippen molar-refractivity contribution in [1.82, 2.24) is 10.6 Å². The lowest BCUT2D eigenvalue weighted by Gasteiger charge is -2.14. The maximum atomic E-state index is 13.7. The van der Waals surface area contributed by atoms with E-state index < -0.39 is 0 Å². The third kappa shape index (κ3) is 7.12. The Bertz CT molecular complexity index is 668.